The molecule has 1 unspecified atom stereocenters. The summed E-state index contributed by atoms with van der Waals surface area (Å²) in [5.74, 6) is -24.0. The number of aliphatic carboxylic acids is 6. The summed E-state index contributed by atoms with van der Waals surface area (Å²) in [7, 11) is -5.09. The van der Waals surface area contributed by atoms with Crippen LogP contribution in [-0.4, -0.2) is 248 Å². The lowest BCUT2D eigenvalue weighted by atomic mass is 9.73. The summed E-state index contributed by atoms with van der Waals surface area (Å²) in [4.78, 5) is 267. The van der Waals surface area contributed by atoms with Crippen LogP contribution in [0.3, 0.4) is 0 Å². The van der Waals surface area contributed by atoms with Gasteiger partial charge in [0.2, 0.25) is 65.0 Å². The van der Waals surface area contributed by atoms with Gasteiger partial charge in [-0.2, -0.15) is 0 Å². The number of fused-ring (bicyclic) bond motifs is 3. The predicted molar refractivity (Wildman–Crippen MR) is 422 cm³/mol. The van der Waals surface area contributed by atoms with Gasteiger partial charge in [-0.15, -0.1) is 0 Å². The highest BCUT2D eigenvalue weighted by Gasteiger charge is 2.51. The van der Waals surface area contributed by atoms with E-state index in [1.54, 1.807) is 58.0 Å². The second kappa shape index (κ2) is 46.1. The lowest BCUT2D eigenvalue weighted by Crippen LogP contribution is -2.68. The van der Waals surface area contributed by atoms with Gasteiger partial charge in [-0.3, -0.25) is 96.7 Å². The van der Waals surface area contributed by atoms with Crippen LogP contribution in [0.2, 0.25) is 0 Å². The molecule has 3 aliphatic heterocycles. The molecule has 2 bridgehead atoms. The number of amides is 12. The number of phosphoric ester groups is 1. The van der Waals surface area contributed by atoms with Gasteiger partial charge < -0.3 is 109 Å². The Hall–Kier alpha value is -12.7. The van der Waals surface area contributed by atoms with Crippen LogP contribution in [0, 0.1) is 23.2 Å². The van der Waals surface area contributed by atoms with Gasteiger partial charge in [0.15, 0.2) is 5.96 Å². The van der Waals surface area contributed by atoms with Crippen LogP contribution < -0.4 is 68.7 Å². The zero-order valence-corrected chi connectivity index (χ0v) is 67.6. The Bertz CT molecular complexity index is 4330. The molecule has 44 heteroatoms. The summed E-state index contributed by atoms with van der Waals surface area (Å²) in [5, 5.41) is 92.9. The van der Waals surface area contributed by atoms with E-state index in [2.05, 4.69) is 63.0 Å². The number of hydrogen-bond acceptors (Lipinski definition) is 21. The maximum atomic E-state index is 15.4. The Kier molecular flexibility index (Phi) is 37.0. The van der Waals surface area contributed by atoms with Gasteiger partial charge in [-0.05, 0) is 136 Å². The van der Waals surface area contributed by atoms with E-state index in [9.17, 15) is 117 Å². The molecule has 0 radical (unpaired) electrons. The molecule has 22 N–H and O–H groups in total. The Balaban J connectivity index is 1.23. The predicted octanol–water partition coefficient (Wildman–Crippen LogP) is -1.09. The van der Waals surface area contributed by atoms with Gasteiger partial charge in [0.25, 0.3) is 5.91 Å². The van der Waals surface area contributed by atoms with E-state index in [1.807, 2.05) is 0 Å². The minimum Gasteiger partial charge on any atom is -0.481 e. The molecule has 660 valence electrons. The van der Waals surface area contributed by atoms with Gasteiger partial charge >= 0.3 is 43.6 Å². The van der Waals surface area contributed by atoms with Crippen molar-refractivity contribution in [2.24, 2.45) is 23.5 Å². The van der Waals surface area contributed by atoms with Crippen molar-refractivity contribution < 1.29 is 136 Å². The standard InChI is InChI=1S/C77H104N15O28P/c1-5-40(4)63(90-73(112)64-43-17-21-46(22-18-43)92(64)74(113)50(27-31-60(98)99)85-69(108)53(35-41-10-7-6-8-11-41)89-71(110)55(37-62(102)103)82-57(93)38-80-65(104)44-15-19-45(20-16-44)81-77(78)79)75(114)91-33-9-12-56(91)72(111)84-49(26-30-59(96)97)66(105)83-48(25-29-58(94)95)67(106)88-54(36-42-13-23-47(24-14-42)120-121(117,118)119)70(109)87-52(34-39(2)3)68(107)86-51(76(115)116)28-32-61(100)101/h6-8,10-11,13-16,19-20,23-24,39-40,43,46,48-56,63-64H,5,9,12,17-18,21-22,25-38H2,1-4H3,(H,80,104)(H,82,93)(H,83,105)(H,84,111)(H,85,108)(H,86,107)(H,87,109)(H,88,106)(H,89,110)(H,90,112)(H,94,95)(H,96,97)(H,98,99)(H,100,101)(H,102,103)(H,115,116)(H4,78,79,81)(H2,117,118,119)/t40-,43?,46?,48-,49-,50-,51+,52-,53-,54-,55-,56-,63-,64?/m0/s1. The van der Waals surface area contributed by atoms with E-state index in [4.69, 9.17) is 11.1 Å². The van der Waals surface area contributed by atoms with Crippen LogP contribution in [0.1, 0.15) is 158 Å². The molecule has 3 aromatic carbocycles. The van der Waals surface area contributed by atoms with Gasteiger partial charge in [0.05, 0.1) is 13.0 Å². The summed E-state index contributed by atoms with van der Waals surface area (Å²) in [6.45, 7) is 5.65. The highest BCUT2D eigenvalue weighted by atomic mass is 31.2. The van der Waals surface area contributed by atoms with Crippen molar-refractivity contribution in [3.8, 4) is 5.75 Å². The first-order chi connectivity index (χ1) is 57.0. The number of carboxylic acids is 6. The number of likely N-dealkylation sites (tertiary alicyclic amines) is 1. The third-order valence-corrected chi connectivity index (χ3v) is 20.9. The van der Waals surface area contributed by atoms with Crippen molar-refractivity contribution in [2.45, 2.75) is 222 Å². The fourth-order valence-electron chi connectivity index (χ4n) is 14.2. The van der Waals surface area contributed by atoms with Crippen molar-refractivity contribution in [2.75, 3.05) is 18.4 Å². The molecule has 12 amide bonds. The van der Waals surface area contributed by atoms with Crippen molar-refractivity contribution in [1.82, 2.24) is 63.0 Å². The van der Waals surface area contributed by atoms with E-state index >= 15 is 14.4 Å². The number of phosphoric acid groups is 1. The molecule has 3 aromatic rings. The van der Waals surface area contributed by atoms with E-state index in [0.717, 1.165) is 17.0 Å². The molecule has 1 saturated carbocycles. The Morgan fingerprint density at radius 1 is 0.521 bits per heavy atom. The third-order valence-electron chi connectivity index (χ3n) is 20.4. The highest BCUT2D eigenvalue weighted by Crippen LogP contribution is 2.41. The fraction of sp³-hybridized carbons (Fsp3) is 0.519. The molecule has 4 fully saturated rings. The second-order valence-corrected chi connectivity index (χ2v) is 31.2. The van der Waals surface area contributed by atoms with E-state index < -0.39 is 276 Å². The van der Waals surface area contributed by atoms with Gasteiger partial charge in [0.1, 0.15) is 72.2 Å². The lowest BCUT2D eigenvalue weighted by molar-refractivity contribution is -0.157. The highest BCUT2D eigenvalue weighted by molar-refractivity contribution is 7.46. The molecule has 3 heterocycles. The largest absolute Gasteiger partial charge is 0.524 e. The number of piperidine rings is 2. The van der Waals surface area contributed by atoms with Crippen LogP contribution in [-0.2, 0) is 98.9 Å². The molecule has 0 spiro atoms. The van der Waals surface area contributed by atoms with E-state index in [1.165, 1.54) is 41.3 Å². The van der Waals surface area contributed by atoms with E-state index in [-0.39, 0.29) is 61.5 Å². The molecule has 3 saturated heterocycles. The smallest absolute Gasteiger partial charge is 0.481 e. The first kappa shape index (κ1) is 97.2. The van der Waals surface area contributed by atoms with Crippen LogP contribution in [0.15, 0.2) is 78.9 Å². The van der Waals surface area contributed by atoms with E-state index in [0.29, 0.717) is 36.9 Å². The van der Waals surface area contributed by atoms with Crippen molar-refractivity contribution in [1.29, 1.82) is 5.41 Å². The topological polar surface area (TPSA) is 684 Å². The van der Waals surface area contributed by atoms with Gasteiger partial charge in [0, 0.05) is 62.4 Å². The molecule has 0 aromatic heterocycles. The molecule has 121 heavy (non-hydrogen) atoms. The summed E-state index contributed by atoms with van der Waals surface area (Å²) >= 11 is 0. The van der Waals surface area contributed by atoms with Crippen molar-refractivity contribution >= 4 is 126 Å². The average Bonchev–Trinajstić information content (AvgIpc) is 0.786. The molecular formula is C77H104N15O28P. The number of anilines is 1. The quantitative estimate of drug-likeness (QED) is 0.0181. The first-order valence-electron chi connectivity index (χ1n) is 39.1. The third kappa shape index (κ3) is 31.2. The molecule has 7 rings (SSSR count). The number of benzene rings is 3. The lowest BCUT2D eigenvalue weighted by Gasteiger charge is -2.51. The second-order valence-electron chi connectivity index (χ2n) is 30.1. The first-order valence-corrected chi connectivity index (χ1v) is 40.6. The van der Waals surface area contributed by atoms with Gasteiger partial charge in [-0.25, -0.2) is 9.36 Å². The number of nitrogens with zero attached hydrogens (tertiary/aromatic N) is 2. The van der Waals surface area contributed by atoms with Crippen LogP contribution in [0.5, 0.6) is 5.75 Å². The number of nitrogens with two attached hydrogens (primary N) is 1. The SMILES string of the molecule is CC[C@H](C)[C@H](NC(=O)C1C2CCC(CC2)N1C(=O)[C@H](CCC(=O)O)NC(=O)[C@H](Cc1ccccc1)NC(=O)[C@H](CC(=O)O)NC(=O)CNC(=O)c1ccc(NC(=N)N)cc1)C(=O)N1CCC[C@H]1C(=O)N[C@@H](CCC(=O)O)C(=O)N[C@@H](CCC(=O)O)C(=O)N[C@@H](Cc1ccc(OP(=O)(O)O)cc1)C(=O)N[C@@H](CC(C)C)C(=O)N[C@H](CCC(=O)O)C(=O)O. The number of rotatable bonds is 48. The van der Waals surface area contributed by atoms with Crippen LogP contribution >= 0.6 is 7.82 Å². The number of carbonyl (C=O) groups excluding carboxylic acids is 12. The van der Waals surface area contributed by atoms with Gasteiger partial charge in [-0.1, -0.05) is 76.6 Å². The maximum absolute atomic E-state index is 15.4. The average molecular weight is 1720 g/mol. The molecule has 12 atom stereocenters. The number of carbonyl (C=O) groups is 18. The summed E-state index contributed by atoms with van der Waals surface area (Å²) < 4.78 is 16.2. The van der Waals surface area contributed by atoms with Crippen molar-refractivity contribution in [3.05, 3.63) is 95.6 Å². The zero-order chi connectivity index (χ0) is 89.7. The molecular weight excluding hydrogens is 1610 g/mol. The maximum Gasteiger partial charge on any atom is 0.524 e. The number of hydrogen-bond donors (Lipinski definition) is 21. The molecule has 4 aliphatic rings. The number of carboxylic acid groups (broad SMARTS) is 6. The van der Waals surface area contributed by atoms with Crippen molar-refractivity contribution in [3.63, 3.8) is 0 Å². The number of guanidine groups is 1. The Labute approximate surface area is 693 Å². The minimum absolute atomic E-state index is 0.0643. The number of nitrogens with one attached hydrogen (secondary N) is 12. The Morgan fingerprint density at radius 3 is 1.50 bits per heavy atom. The van der Waals surface area contributed by atoms with Crippen LogP contribution in [0.4, 0.5) is 5.69 Å². The minimum atomic E-state index is -5.09. The molecule has 43 nitrogen and oxygen atoms in total. The summed E-state index contributed by atoms with van der Waals surface area (Å²) in [6.07, 6.45) is -6.11. The molecule has 1 aliphatic carbocycles. The Morgan fingerprint density at radius 2 is 0.992 bits per heavy atom. The summed E-state index contributed by atoms with van der Waals surface area (Å²) in [5.41, 5.74) is 6.34. The monoisotopic (exact) mass is 1720 g/mol. The normalized spacial score (nSPS) is 17.8. The summed E-state index contributed by atoms with van der Waals surface area (Å²) in [6, 6.07) is -1.12. The zero-order valence-electron chi connectivity index (χ0n) is 66.7. The fourth-order valence-corrected chi connectivity index (χ4v) is 14.6. The van der Waals surface area contributed by atoms with Crippen LogP contribution in [0.25, 0.3) is 0 Å².